The van der Waals surface area contributed by atoms with E-state index in [4.69, 9.17) is 31.6 Å². The number of likely N-dealkylation sites (N-methyl/N-ethyl adjacent to an activating group) is 1. The Morgan fingerprint density at radius 1 is 1.27 bits per heavy atom. The number of nitrogens with zero attached hydrogens (tertiary/aromatic N) is 5. The molecular weight excluding hydrogens is 508 g/mol. The van der Waals surface area contributed by atoms with E-state index in [0.29, 0.717) is 39.2 Å². The fourth-order valence-electron chi connectivity index (χ4n) is 6.74. The van der Waals surface area contributed by atoms with Crippen LogP contribution in [0.4, 0.5) is 5.00 Å². The van der Waals surface area contributed by atoms with Gasteiger partial charge in [0.25, 0.3) is 0 Å². The number of aryl methyl sites for hydroxylation is 1. The van der Waals surface area contributed by atoms with Crippen molar-refractivity contribution in [3.63, 3.8) is 0 Å². The topological polar surface area (TPSA) is 114 Å². The number of likely N-dealkylation sites (tertiary alicyclic amines) is 1. The van der Waals surface area contributed by atoms with Gasteiger partial charge < -0.3 is 15.0 Å². The van der Waals surface area contributed by atoms with E-state index in [1.54, 1.807) is 17.4 Å². The lowest BCUT2D eigenvalue weighted by Gasteiger charge is -2.35. The average molecular weight is 539 g/mol. The van der Waals surface area contributed by atoms with E-state index in [2.05, 4.69) is 35.1 Å². The van der Waals surface area contributed by atoms with Crippen LogP contribution in [-0.4, -0.2) is 45.8 Å². The van der Waals surface area contributed by atoms with Crippen molar-refractivity contribution in [1.82, 2.24) is 20.0 Å². The van der Waals surface area contributed by atoms with E-state index in [1.165, 1.54) is 11.3 Å². The van der Waals surface area contributed by atoms with Crippen LogP contribution in [0, 0.1) is 11.3 Å². The van der Waals surface area contributed by atoms with Gasteiger partial charge in [-0.05, 0) is 77.4 Å². The van der Waals surface area contributed by atoms with E-state index in [0.717, 1.165) is 74.8 Å². The molecule has 0 radical (unpaired) electrons. The monoisotopic (exact) mass is 538 g/mol. The molecule has 0 aromatic carbocycles. The van der Waals surface area contributed by atoms with Crippen LogP contribution in [0.1, 0.15) is 79.2 Å². The van der Waals surface area contributed by atoms with Crippen LogP contribution in [-0.2, 0) is 18.3 Å². The Hall–Kier alpha value is -2.67. The molecule has 2 aliphatic carbocycles. The van der Waals surface area contributed by atoms with E-state index in [-0.39, 0.29) is 6.10 Å². The van der Waals surface area contributed by atoms with Gasteiger partial charge in [0.15, 0.2) is 17.3 Å². The van der Waals surface area contributed by atoms with Gasteiger partial charge >= 0.3 is 0 Å². The molecule has 1 aliphatic heterocycles. The zero-order chi connectivity index (χ0) is 25.7. The van der Waals surface area contributed by atoms with Gasteiger partial charge in [-0.2, -0.15) is 10.2 Å². The highest BCUT2D eigenvalue weighted by atomic mass is 35.5. The van der Waals surface area contributed by atoms with Crippen molar-refractivity contribution in [2.45, 2.75) is 82.3 Å². The summed E-state index contributed by atoms with van der Waals surface area (Å²) in [6.45, 7) is 3.15. The molecule has 37 heavy (non-hydrogen) atoms. The first-order chi connectivity index (χ1) is 17.9. The smallest absolute Gasteiger partial charge is 0.218 e. The first-order valence-electron chi connectivity index (χ1n) is 13.1. The molecule has 194 valence electrons. The minimum atomic E-state index is -0.399. The van der Waals surface area contributed by atoms with E-state index in [1.807, 2.05) is 0 Å². The standard InChI is InChI=1S/C27H31ClN6O2S/c1-15(18-8-6-12-34(18)2)35-21-13-20(28)31-26(32-21)23-16-7-3-4-10-27(24(16)36-33-23)11-5-9-19-22(27)17(14-29)25(30)37-19/h13,15,18H,3-12,30H2,1-2H3/t15-,18-,27?/m0/s1. The van der Waals surface area contributed by atoms with Crippen molar-refractivity contribution >= 4 is 27.9 Å². The number of nitriles is 1. The van der Waals surface area contributed by atoms with Gasteiger partial charge in [0.1, 0.15) is 22.3 Å². The van der Waals surface area contributed by atoms with E-state index < -0.39 is 5.41 Å². The fourth-order valence-corrected chi connectivity index (χ4v) is 8.07. The zero-order valence-electron chi connectivity index (χ0n) is 21.2. The molecule has 3 aliphatic rings. The molecule has 3 aromatic rings. The molecule has 0 amide bonds. The molecular formula is C27H31ClN6O2S. The third-order valence-electron chi connectivity index (χ3n) is 8.42. The molecule has 8 nitrogen and oxygen atoms in total. The number of nitrogen functional groups attached to an aromatic ring is 1. The summed E-state index contributed by atoms with van der Waals surface area (Å²) in [5, 5.41) is 15.4. The van der Waals surface area contributed by atoms with Gasteiger partial charge in [0.2, 0.25) is 5.88 Å². The average Bonchev–Trinajstić information content (AvgIpc) is 3.55. The van der Waals surface area contributed by atoms with Gasteiger partial charge in [-0.1, -0.05) is 23.2 Å². The molecule has 0 bridgehead atoms. The van der Waals surface area contributed by atoms with Crippen LogP contribution in [0.5, 0.6) is 5.88 Å². The number of thiophene rings is 1. The summed E-state index contributed by atoms with van der Waals surface area (Å²) in [7, 11) is 2.13. The molecule has 10 heteroatoms. The SMILES string of the molecule is C[C@H](Oc1cc(Cl)nc(-c2noc3c2CCCCC32CCCc3sc(N)c(C#N)c32)n1)[C@@H]1CCCN1C. The third-order valence-corrected chi connectivity index (χ3v) is 9.69. The van der Waals surface area contributed by atoms with Crippen LogP contribution in [0.25, 0.3) is 11.5 Å². The lowest BCUT2D eigenvalue weighted by Crippen LogP contribution is -2.38. The maximum atomic E-state index is 9.99. The Morgan fingerprint density at radius 3 is 2.89 bits per heavy atom. The summed E-state index contributed by atoms with van der Waals surface area (Å²) in [6, 6.07) is 4.39. The van der Waals surface area contributed by atoms with Crippen LogP contribution in [0.3, 0.4) is 0 Å². The molecule has 1 fully saturated rings. The number of anilines is 1. The van der Waals surface area contributed by atoms with Crippen LogP contribution in [0.2, 0.25) is 5.15 Å². The van der Waals surface area contributed by atoms with Crippen LogP contribution in [0.15, 0.2) is 10.6 Å². The third kappa shape index (κ3) is 4.10. The number of hydrogen-bond donors (Lipinski definition) is 1. The number of rotatable bonds is 4. The first kappa shape index (κ1) is 24.7. The second-order valence-corrected chi connectivity index (χ2v) is 12.1. The molecule has 1 unspecified atom stereocenters. The minimum Gasteiger partial charge on any atom is -0.473 e. The van der Waals surface area contributed by atoms with Crippen LogP contribution >= 0.6 is 22.9 Å². The lowest BCUT2D eigenvalue weighted by atomic mass is 9.66. The zero-order valence-corrected chi connectivity index (χ0v) is 22.8. The number of hydrogen-bond acceptors (Lipinski definition) is 9. The molecule has 6 rings (SSSR count). The maximum absolute atomic E-state index is 9.99. The Labute approximate surface area is 225 Å². The van der Waals surface area contributed by atoms with Crippen molar-refractivity contribution in [3.8, 4) is 23.5 Å². The summed E-state index contributed by atoms with van der Waals surface area (Å²) in [5.74, 6) is 1.69. The minimum absolute atomic E-state index is 0.0295. The summed E-state index contributed by atoms with van der Waals surface area (Å²) in [6.07, 6.45) is 8.84. The largest absolute Gasteiger partial charge is 0.473 e. The number of ether oxygens (including phenoxy) is 1. The Kier molecular flexibility index (Phi) is 6.38. The molecule has 0 saturated carbocycles. The quantitative estimate of drug-likeness (QED) is 0.432. The fraction of sp³-hybridized carbons (Fsp3) is 0.556. The molecule has 1 spiro atoms. The van der Waals surface area contributed by atoms with E-state index >= 15 is 0 Å². The molecule has 3 aromatic heterocycles. The van der Waals surface area contributed by atoms with Crippen LogP contribution < -0.4 is 10.5 Å². The predicted molar refractivity (Wildman–Crippen MR) is 143 cm³/mol. The number of aromatic nitrogens is 3. The van der Waals surface area contributed by atoms with Crippen molar-refractivity contribution in [1.29, 1.82) is 5.26 Å². The van der Waals surface area contributed by atoms with Crippen molar-refractivity contribution in [3.05, 3.63) is 38.5 Å². The van der Waals surface area contributed by atoms with Gasteiger partial charge in [-0.25, -0.2) is 4.98 Å². The van der Waals surface area contributed by atoms with Gasteiger partial charge in [0.05, 0.1) is 11.0 Å². The van der Waals surface area contributed by atoms with Gasteiger partial charge in [-0.3, -0.25) is 4.90 Å². The highest BCUT2D eigenvalue weighted by molar-refractivity contribution is 7.16. The maximum Gasteiger partial charge on any atom is 0.218 e. The Morgan fingerprint density at radius 2 is 2.11 bits per heavy atom. The summed E-state index contributed by atoms with van der Waals surface area (Å²) in [4.78, 5) is 12.8. The summed E-state index contributed by atoms with van der Waals surface area (Å²) >= 11 is 8.00. The number of halogens is 1. The molecule has 1 saturated heterocycles. The Balaban J connectivity index is 1.41. The summed E-state index contributed by atoms with van der Waals surface area (Å²) in [5.41, 5.74) is 9.18. The predicted octanol–water partition coefficient (Wildman–Crippen LogP) is 5.51. The summed E-state index contributed by atoms with van der Waals surface area (Å²) < 4.78 is 12.4. The number of fused-ring (bicyclic) bond motifs is 4. The second-order valence-electron chi connectivity index (χ2n) is 10.6. The van der Waals surface area contributed by atoms with Gasteiger partial charge in [-0.15, -0.1) is 11.3 Å². The lowest BCUT2D eigenvalue weighted by molar-refractivity contribution is 0.117. The molecule has 4 heterocycles. The van der Waals surface area contributed by atoms with Crippen molar-refractivity contribution < 1.29 is 9.26 Å². The number of nitrogens with two attached hydrogens (primary N) is 1. The van der Waals surface area contributed by atoms with Crippen molar-refractivity contribution in [2.75, 3.05) is 19.3 Å². The second kappa shape index (κ2) is 9.57. The first-order valence-corrected chi connectivity index (χ1v) is 14.3. The molecule has 2 N–H and O–H groups in total. The normalized spacial score (nSPS) is 24.3. The van der Waals surface area contributed by atoms with Crippen molar-refractivity contribution in [2.24, 2.45) is 0 Å². The highest BCUT2D eigenvalue weighted by Crippen LogP contribution is 2.54. The van der Waals surface area contributed by atoms with Gasteiger partial charge in [0, 0.05) is 22.5 Å². The van der Waals surface area contributed by atoms with E-state index in [9.17, 15) is 5.26 Å². The Bertz CT molecular complexity index is 1380. The molecule has 3 atom stereocenters. The highest BCUT2D eigenvalue weighted by Gasteiger charge is 2.47.